The number of aliphatic hydroxyl groups is 3. The highest BCUT2D eigenvalue weighted by molar-refractivity contribution is 7.85. The molecule has 13 heteroatoms. The van der Waals surface area contributed by atoms with Crippen LogP contribution in [0.1, 0.15) is 168 Å². The van der Waals surface area contributed by atoms with E-state index in [4.69, 9.17) is 18.9 Å². The van der Waals surface area contributed by atoms with Crippen molar-refractivity contribution in [1.29, 1.82) is 0 Å². The predicted octanol–water partition coefficient (Wildman–Crippen LogP) is 9.89. The van der Waals surface area contributed by atoms with Gasteiger partial charge >= 0.3 is 11.9 Å². The van der Waals surface area contributed by atoms with Gasteiger partial charge in [-0.3, -0.25) is 14.1 Å². The first-order chi connectivity index (χ1) is 30.0. The number of hydrogen-bond acceptors (Lipinski definition) is 11. The van der Waals surface area contributed by atoms with Crippen LogP contribution in [0.25, 0.3) is 0 Å². The molecule has 1 aliphatic heterocycles. The van der Waals surface area contributed by atoms with E-state index in [1.54, 1.807) is 0 Å². The van der Waals surface area contributed by atoms with Crippen LogP contribution in [0.5, 0.6) is 0 Å². The summed E-state index contributed by atoms with van der Waals surface area (Å²) in [5.41, 5.74) is 0. The second-order valence-corrected chi connectivity index (χ2v) is 17.5. The standard InChI is InChI=1S/C49H82O12S/c1-3-5-7-9-11-13-15-17-19-20-21-22-24-25-27-29-31-33-35-37-44(50)58-39-42(40-59-49-48(54)47(53)46(52)43(61-49)41-62(55,56)57)60-45(51)38-36-34-32-30-28-26-23-18-16-14-12-10-8-6-4-2/h5,7,11,13,17-19,21-23,25,27,42-43,46-49,52-54H,3-4,6,8-10,12,14-16,20,24,26,28-41H2,1-2H3,(H,55,56,57)/b7-5+,13-11+,19-17+,22-21+,23-18+,27-25+/t42-,43-,46-,47?,48?,49+/m1/s1. The van der Waals surface area contributed by atoms with Crippen LogP contribution >= 0.6 is 0 Å². The Morgan fingerprint density at radius 3 is 1.55 bits per heavy atom. The SMILES string of the molecule is CC/C=C/C/C=C/C/C=C/C/C=C/C/C=C/CCCCCC(=O)OC[C@H](CO[C@H]1O[C@H](CS(=O)(=O)O)[C@@H](O)C(O)C1O)OC(=O)CCCCCCC/C=C/CCCCCCCC. The monoisotopic (exact) mass is 895 g/mol. The van der Waals surface area contributed by atoms with Gasteiger partial charge in [0.15, 0.2) is 12.4 Å². The van der Waals surface area contributed by atoms with Gasteiger partial charge in [-0.25, -0.2) is 0 Å². The number of aliphatic hydroxyl groups excluding tert-OH is 3. The molecular formula is C49H82O12S. The molecule has 1 heterocycles. The Hall–Kier alpha value is -2.91. The van der Waals surface area contributed by atoms with E-state index < -0.39 is 71.2 Å². The molecule has 4 N–H and O–H groups in total. The molecular weight excluding hydrogens is 813 g/mol. The van der Waals surface area contributed by atoms with Gasteiger partial charge in [-0.1, -0.05) is 145 Å². The van der Waals surface area contributed by atoms with Crippen molar-refractivity contribution < 1.29 is 56.8 Å². The molecule has 0 aromatic carbocycles. The van der Waals surface area contributed by atoms with E-state index in [-0.39, 0.29) is 19.4 Å². The number of carbonyl (C=O) groups excluding carboxylic acids is 2. The zero-order chi connectivity index (χ0) is 45.5. The highest BCUT2D eigenvalue weighted by Gasteiger charge is 2.46. The molecule has 2 unspecified atom stereocenters. The molecule has 0 radical (unpaired) electrons. The molecule has 0 bridgehead atoms. The van der Waals surface area contributed by atoms with Crippen LogP contribution in [-0.4, -0.2) is 96.0 Å². The van der Waals surface area contributed by atoms with E-state index in [0.717, 1.165) is 89.9 Å². The third-order valence-electron chi connectivity index (χ3n) is 10.3. The van der Waals surface area contributed by atoms with Gasteiger partial charge in [0.05, 0.1) is 6.61 Å². The van der Waals surface area contributed by atoms with E-state index in [9.17, 15) is 37.9 Å². The average molecular weight is 895 g/mol. The molecule has 0 aromatic heterocycles. The quantitative estimate of drug-likeness (QED) is 0.0199. The first-order valence-electron chi connectivity index (χ1n) is 23.5. The fourth-order valence-electron chi connectivity index (χ4n) is 6.64. The molecule has 0 aromatic rings. The third kappa shape index (κ3) is 32.7. The molecule has 1 aliphatic rings. The highest BCUT2D eigenvalue weighted by Crippen LogP contribution is 2.24. The summed E-state index contributed by atoms with van der Waals surface area (Å²) in [6, 6.07) is 0. The van der Waals surface area contributed by atoms with Crippen molar-refractivity contribution in [3.05, 3.63) is 72.9 Å². The van der Waals surface area contributed by atoms with Gasteiger partial charge in [-0.2, -0.15) is 8.42 Å². The number of allylic oxidation sites excluding steroid dienone is 12. The minimum atomic E-state index is -4.61. The van der Waals surface area contributed by atoms with Crippen molar-refractivity contribution in [3.63, 3.8) is 0 Å². The van der Waals surface area contributed by atoms with Crippen molar-refractivity contribution in [1.82, 2.24) is 0 Å². The number of unbranched alkanes of at least 4 members (excludes halogenated alkanes) is 14. The fourth-order valence-corrected chi connectivity index (χ4v) is 7.33. The van der Waals surface area contributed by atoms with Crippen molar-refractivity contribution in [2.24, 2.45) is 0 Å². The van der Waals surface area contributed by atoms with Crippen molar-refractivity contribution in [2.45, 2.75) is 205 Å². The predicted molar refractivity (Wildman–Crippen MR) is 247 cm³/mol. The molecule has 1 saturated heterocycles. The molecule has 1 fully saturated rings. The van der Waals surface area contributed by atoms with E-state index in [0.29, 0.717) is 12.8 Å². The lowest BCUT2D eigenvalue weighted by Gasteiger charge is -2.40. The highest BCUT2D eigenvalue weighted by atomic mass is 32.2. The van der Waals surface area contributed by atoms with Gasteiger partial charge in [0, 0.05) is 12.8 Å². The Morgan fingerprint density at radius 2 is 1.02 bits per heavy atom. The van der Waals surface area contributed by atoms with E-state index in [2.05, 4.69) is 86.8 Å². The van der Waals surface area contributed by atoms with Gasteiger partial charge in [0.2, 0.25) is 0 Å². The first kappa shape index (κ1) is 57.1. The van der Waals surface area contributed by atoms with E-state index >= 15 is 0 Å². The second-order valence-electron chi connectivity index (χ2n) is 16.0. The van der Waals surface area contributed by atoms with Gasteiger partial charge in [0.25, 0.3) is 10.1 Å². The van der Waals surface area contributed by atoms with Gasteiger partial charge in [0.1, 0.15) is 36.8 Å². The Balaban J connectivity index is 2.46. The molecule has 0 spiro atoms. The normalized spacial score (nSPS) is 20.5. The molecule has 12 nitrogen and oxygen atoms in total. The summed E-state index contributed by atoms with van der Waals surface area (Å²) in [5.74, 6) is -2.04. The number of carbonyl (C=O) groups is 2. The van der Waals surface area contributed by atoms with Gasteiger partial charge < -0.3 is 34.3 Å². The largest absolute Gasteiger partial charge is 0.462 e. The van der Waals surface area contributed by atoms with Crippen LogP contribution in [0.4, 0.5) is 0 Å². The smallest absolute Gasteiger partial charge is 0.306 e. The number of rotatable bonds is 38. The summed E-state index contributed by atoms with van der Waals surface area (Å²) < 4.78 is 54.1. The van der Waals surface area contributed by atoms with Crippen LogP contribution in [0, 0.1) is 0 Å². The molecule has 0 aliphatic carbocycles. The van der Waals surface area contributed by atoms with E-state index in [1.165, 1.54) is 38.5 Å². The first-order valence-corrected chi connectivity index (χ1v) is 25.1. The summed E-state index contributed by atoms with van der Waals surface area (Å²) in [4.78, 5) is 25.4. The van der Waals surface area contributed by atoms with Crippen LogP contribution in [-0.2, 0) is 38.7 Å². The molecule has 62 heavy (non-hydrogen) atoms. The number of hydrogen-bond donors (Lipinski definition) is 4. The summed E-state index contributed by atoms with van der Waals surface area (Å²) in [6.07, 6.45) is 39.4. The Kier molecular flexibility index (Phi) is 35.5. The topological polar surface area (TPSA) is 186 Å². The maximum absolute atomic E-state index is 12.8. The molecule has 0 amide bonds. The summed E-state index contributed by atoms with van der Waals surface area (Å²) in [6.45, 7) is 3.60. The van der Waals surface area contributed by atoms with Crippen LogP contribution in [0.3, 0.4) is 0 Å². The minimum absolute atomic E-state index is 0.143. The molecule has 356 valence electrons. The van der Waals surface area contributed by atoms with Crippen LogP contribution in [0.2, 0.25) is 0 Å². The Labute approximate surface area is 374 Å². The maximum atomic E-state index is 12.8. The lowest BCUT2D eigenvalue weighted by atomic mass is 10.00. The number of esters is 2. The third-order valence-corrected chi connectivity index (χ3v) is 11.0. The molecule has 1 rings (SSSR count). The maximum Gasteiger partial charge on any atom is 0.306 e. The Bertz CT molecular complexity index is 1420. The minimum Gasteiger partial charge on any atom is -0.462 e. The molecule has 0 saturated carbocycles. The summed E-state index contributed by atoms with van der Waals surface area (Å²) in [5, 5.41) is 30.9. The van der Waals surface area contributed by atoms with Crippen LogP contribution < -0.4 is 0 Å². The van der Waals surface area contributed by atoms with Crippen molar-refractivity contribution in [3.8, 4) is 0 Å². The average Bonchev–Trinajstić information content (AvgIpc) is 3.24. The zero-order valence-electron chi connectivity index (χ0n) is 37.9. The van der Waals surface area contributed by atoms with Gasteiger partial charge in [-0.05, 0) is 83.5 Å². The fraction of sp³-hybridized carbons (Fsp3) is 0.714. The Morgan fingerprint density at radius 1 is 0.565 bits per heavy atom. The van der Waals surface area contributed by atoms with Crippen LogP contribution in [0.15, 0.2) is 72.9 Å². The summed E-state index contributed by atoms with van der Waals surface area (Å²) >= 11 is 0. The lowest BCUT2D eigenvalue weighted by Crippen LogP contribution is -2.60. The van der Waals surface area contributed by atoms with Crippen molar-refractivity contribution in [2.75, 3.05) is 19.0 Å². The second kappa shape index (κ2) is 38.5. The summed E-state index contributed by atoms with van der Waals surface area (Å²) in [7, 11) is -4.61. The zero-order valence-corrected chi connectivity index (χ0v) is 38.8. The van der Waals surface area contributed by atoms with E-state index in [1.807, 2.05) is 0 Å². The molecule has 6 atom stereocenters. The van der Waals surface area contributed by atoms with Gasteiger partial charge in [-0.15, -0.1) is 0 Å². The van der Waals surface area contributed by atoms with Crippen molar-refractivity contribution >= 4 is 22.1 Å². The number of ether oxygens (including phenoxy) is 4. The lowest BCUT2D eigenvalue weighted by molar-refractivity contribution is -0.297.